The molecule has 0 atom stereocenters. The highest BCUT2D eigenvalue weighted by molar-refractivity contribution is 5.94. The van der Waals surface area contributed by atoms with E-state index < -0.39 is 0 Å². The van der Waals surface area contributed by atoms with E-state index in [9.17, 15) is 9.59 Å². The molecule has 7 nitrogen and oxygen atoms in total. The minimum atomic E-state index is -0.0358. The van der Waals surface area contributed by atoms with Gasteiger partial charge in [0.2, 0.25) is 11.8 Å². The lowest BCUT2D eigenvalue weighted by Gasteiger charge is -2.35. The van der Waals surface area contributed by atoms with E-state index in [2.05, 4.69) is 11.0 Å². The fourth-order valence-corrected chi connectivity index (χ4v) is 3.36. The van der Waals surface area contributed by atoms with Gasteiger partial charge >= 0.3 is 0 Å². The Morgan fingerprint density at radius 1 is 1.17 bits per heavy atom. The molecule has 1 aromatic rings. The van der Waals surface area contributed by atoms with Crippen LogP contribution < -0.4 is 9.64 Å². The van der Waals surface area contributed by atoms with E-state index in [0.717, 1.165) is 11.4 Å². The minimum absolute atomic E-state index is 0.0358. The maximum atomic E-state index is 13.0. The summed E-state index contributed by atoms with van der Waals surface area (Å²) in [7, 11) is 0. The van der Waals surface area contributed by atoms with Crippen molar-refractivity contribution >= 4 is 17.5 Å². The highest BCUT2D eigenvalue weighted by Gasteiger charge is 2.25. The lowest BCUT2D eigenvalue weighted by atomic mass is 10.1. The number of carbonyl (C=O) groups is 2. The van der Waals surface area contributed by atoms with Gasteiger partial charge in [0.15, 0.2) is 0 Å². The maximum Gasteiger partial charge on any atom is 0.241 e. The summed E-state index contributed by atoms with van der Waals surface area (Å²) in [6.07, 6.45) is 0.842. The first-order valence-electron chi connectivity index (χ1n) is 10.3. The van der Waals surface area contributed by atoms with Crippen LogP contribution in [0.3, 0.4) is 0 Å². The second-order valence-electron chi connectivity index (χ2n) is 7.64. The molecule has 7 heteroatoms. The van der Waals surface area contributed by atoms with Gasteiger partial charge in [-0.05, 0) is 37.1 Å². The fraction of sp³-hybridized carbons (Fsp3) is 0.591. The average molecular weight is 401 g/mol. The molecular formula is C22H32N4O3. The third-order valence-electron chi connectivity index (χ3n) is 4.87. The highest BCUT2D eigenvalue weighted by atomic mass is 16.5. The van der Waals surface area contributed by atoms with Crippen molar-refractivity contribution in [1.82, 2.24) is 9.80 Å². The number of anilines is 1. The summed E-state index contributed by atoms with van der Waals surface area (Å²) in [5, 5.41) is 8.97. The second kappa shape index (κ2) is 11.4. The number of ether oxygens (including phenoxy) is 1. The number of rotatable bonds is 9. The van der Waals surface area contributed by atoms with Crippen LogP contribution in [-0.2, 0) is 9.59 Å². The highest BCUT2D eigenvalue weighted by Crippen LogP contribution is 2.20. The van der Waals surface area contributed by atoms with E-state index in [4.69, 9.17) is 10.00 Å². The molecule has 0 N–H and O–H groups in total. The van der Waals surface area contributed by atoms with Gasteiger partial charge in [0, 0.05) is 44.8 Å². The van der Waals surface area contributed by atoms with E-state index >= 15 is 0 Å². The van der Waals surface area contributed by atoms with Gasteiger partial charge in [0.1, 0.15) is 5.75 Å². The van der Waals surface area contributed by atoms with E-state index in [0.29, 0.717) is 51.7 Å². The predicted molar refractivity (Wildman–Crippen MR) is 113 cm³/mol. The van der Waals surface area contributed by atoms with Crippen LogP contribution in [0.15, 0.2) is 24.3 Å². The molecule has 1 fully saturated rings. The third-order valence-corrected chi connectivity index (χ3v) is 4.87. The van der Waals surface area contributed by atoms with Gasteiger partial charge in [0.05, 0.1) is 25.6 Å². The van der Waals surface area contributed by atoms with Crippen molar-refractivity contribution in [1.29, 1.82) is 5.26 Å². The number of nitriles is 1. The number of hydrogen-bond donors (Lipinski definition) is 0. The first-order chi connectivity index (χ1) is 13.9. The van der Waals surface area contributed by atoms with Crippen molar-refractivity contribution < 1.29 is 14.3 Å². The number of nitrogens with zero attached hydrogens (tertiary/aromatic N) is 4. The standard InChI is InChI=1S/C22H32N4O3/c1-4-29-20-8-6-19(7-9-20)26(11-5-10-23)22(28)17-24-12-14-25(15-13-24)21(27)16-18(2)3/h6-9,18H,4-5,11-17H2,1-3H3. The Labute approximate surface area is 173 Å². The van der Waals surface area contributed by atoms with Crippen molar-refractivity contribution in [3.63, 3.8) is 0 Å². The Hall–Kier alpha value is -2.59. The van der Waals surface area contributed by atoms with Gasteiger partial charge < -0.3 is 14.5 Å². The Morgan fingerprint density at radius 3 is 2.38 bits per heavy atom. The topological polar surface area (TPSA) is 76.9 Å². The van der Waals surface area contributed by atoms with Gasteiger partial charge in [-0.15, -0.1) is 0 Å². The molecule has 29 heavy (non-hydrogen) atoms. The van der Waals surface area contributed by atoms with Crippen molar-refractivity contribution in [2.75, 3.05) is 50.8 Å². The molecule has 0 spiro atoms. The van der Waals surface area contributed by atoms with Crippen LogP contribution in [-0.4, -0.2) is 67.5 Å². The Bertz CT molecular complexity index is 704. The van der Waals surface area contributed by atoms with Crippen LogP contribution in [0.5, 0.6) is 5.75 Å². The van der Waals surface area contributed by atoms with Crippen LogP contribution in [0.25, 0.3) is 0 Å². The number of hydrogen-bond acceptors (Lipinski definition) is 5. The van der Waals surface area contributed by atoms with E-state index in [-0.39, 0.29) is 24.8 Å². The summed E-state index contributed by atoms with van der Waals surface area (Å²) in [4.78, 5) is 30.8. The smallest absolute Gasteiger partial charge is 0.241 e. The predicted octanol–water partition coefficient (Wildman–Crippen LogP) is 2.52. The van der Waals surface area contributed by atoms with Crippen molar-refractivity contribution in [2.24, 2.45) is 5.92 Å². The van der Waals surface area contributed by atoms with Gasteiger partial charge in [-0.3, -0.25) is 14.5 Å². The Kier molecular flexibility index (Phi) is 8.94. The first kappa shape index (κ1) is 22.7. The molecule has 0 bridgehead atoms. The molecule has 158 valence electrons. The van der Waals surface area contributed by atoms with Crippen molar-refractivity contribution in [2.45, 2.75) is 33.6 Å². The third kappa shape index (κ3) is 7.06. The van der Waals surface area contributed by atoms with Gasteiger partial charge in [-0.2, -0.15) is 5.26 Å². The number of amides is 2. The maximum absolute atomic E-state index is 13.0. The van der Waals surface area contributed by atoms with Crippen molar-refractivity contribution in [3.05, 3.63) is 24.3 Å². The Balaban J connectivity index is 1.95. The van der Waals surface area contributed by atoms with Crippen LogP contribution in [0, 0.1) is 17.2 Å². The summed E-state index contributed by atoms with van der Waals surface area (Å²) < 4.78 is 5.46. The molecule has 1 aliphatic heterocycles. The molecule has 1 aromatic carbocycles. The molecule has 0 aliphatic carbocycles. The van der Waals surface area contributed by atoms with Crippen LogP contribution in [0.2, 0.25) is 0 Å². The van der Waals surface area contributed by atoms with Crippen LogP contribution in [0.1, 0.15) is 33.6 Å². The Morgan fingerprint density at radius 2 is 1.83 bits per heavy atom. The molecule has 0 radical (unpaired) electrons. The quantitative estimate of drug-likeness (QED) is 0.637. The van der Waals surface area contributed by atoms with E-state index in [1.807, 2.05) is 49.9 Å². The monoisotopic (exact) mass is 400 g/mol. The largest absolute Gasteiger partial charge is 0.494 e. The summed E-state index contributed by atoms with van der Waals surface area (Å²) >= 11 is 0. The van der Waals surface area contributed by atoms with Crippen LogP contribution >= 0.6 is 0 Å². The summed E-state index contributed by atoms with van der Waals surface area (Å²) in [6.45, 7) is 9.92. The minimum Gasteiger partial charge on any atom is -0.494 e. The fourth-order valence-electron chi connectivity index (χ4n) is 3.36. The second-order valence-corrected chi connectivity index (χ2v) is 7.64. The zero-order valence-corrected chi connectivity index (χ0v) is 17.8. The summed E-state index contributed by atoms with van der Waals surface area (Å²) in [6, 6.07) is 9.49. The first-order valence-corrected chi connectivity index (χ1v) is 10.3. The molecule has 2 amide bonds. The van der Waals surface area contributed by atoms with Crippen molar-refractivity contribution in [3.8, 4) is 11.8 Å². The average Bonchev–Trinajstić information content (AvgIpc) is 2.69. The molecule has 0 unspecified atom stereocenters. The van der Waals surface area contributed by atoms with E-state index in [1.165, 1.54) is 0 Å². The number of benzene rings is 1. The SMILES string of the molecule is CCOc1ccc(N(CCC#N)C(=O)CN2CCN(C(=O)CC(C)C)CC2)cc1. The molecule has 1 saturated heterocycles. The van der Waals surface area contributed by atoms with Gasteiger partial charge in [-0.1, -0.05) is 13.8 Å². The normalized spacial score (nSPS) is 14.5. The lowest BCUT2D eigenvalue weighted by molar-refractivity contribution is -0.133. The molecular weight excluding hydrogens is 368 g/mol. The van der Waals surface area contributed by atoms with Crippen LogP contribution in [0.4, 0.5) is 5.69 Å². The zero-order chi connectivity index (χ0) is 21.2. The summed E-state index contributed by atoms with van der Waals surface area (Å²) in [5.41, 5.74) is 0.763. The summed E-state index contributed by atoms with van der Waals surface area (Å²) in [5.74, 6) is 1.26. The number of piperazine rings is 1. The van der Waals surface area contributed by atoms with Gasteiger partial charge in [-0.25, -0.2) is 0 Å². The van der Waals surface area contributed by atoms with E-state index in [1.54, 1.807) is 4.90 Å². The molecule has 0 aromatic heterocycles. The number of carbonyl (C=O) groups excluding carboxylic acids is 2. The molecule has 0 saturated carbocycles. The zero-order valence-electron chi connectivity index (χ0n) is 17.8. The lowest BCUT2D eigenvalue weighted by Crippen LogP contribution is -2.51. The molecule has 1 heterocycles. The molecule has 1 aliphatic rings. The molecule has 2 rings (SSSR count). The van der Waals surface area contributed by atoms with Gasteiger partial charge in [0.25, 0.3) is 0 Å².